The van der Waals surface area contributed by atoms with Crippen molar-refractivity contribution in [3.05, 3.63) is 67.6 Å². The zero-order valence-corrected chi connectivity index (χ0v) is 14.0. The molecular formula is C15H7Br2F4N. The van der Waals surface area contributed by atoms with E-state index in [9.17, 15) is 17.6 Å². The first-order valence-corrected chi connectivity index (χ1v) is 7.60. The van der Waals surface area contributed by atoms with Gasteiger partial charge in [0, 0.05) is 5.56 Å². The second-order valence-electron chi connectivity index (χ2n) is 4.48. The van der Waals surface area contributed by atoms with Crippen molar-refractivity contribution in [3.8, 4) is 6.07 Å². The Morgan fingerprint density at radius 2 is 1.41 bits per heavy atom. The number of rotatable bonds is 3. The highest BCUT2D eigenvalue weighted by Gasteiger charge is 2.22. The molecule has 7 heteroatoms. The lowest BCUT2D eigenvalue weighted by atomic mass is 9.92. The number of benzene rings is 2. The van der Waals surface area contributed by atoms with Gasteiger partial charge < -0.3 is 0 Å². The number of nitrogens with zero attached hydrogens (tertiary/aromatic N) is 1. The summed E-state index contributed by atoms with van der Waals surface area (Å²) in [6.07, 6.45) is -0.273. The van der Waals surface area contributed by atoms with Crippen molar-refractivity contribution < 1.29 is 17.6 Å². The molecule has 0 saturated carbocycles. The first-order chi connectivity index (χ1) is 10.4. The largest absolute Gasteiger partial charge is 0.203 e. The van der Waals surface area contributed by atoms with Crippen molar-refractivity contribution in [2.45, 2.75) is 12.3 Å². The molecule has 0 radical (unpaired) electrons. The predicted octanol–water partition coefficient (Wildman–Crippen LogP) is 5.62. The van der Waals surface area contributed by atoms with Crippen molar-refractivity contribution in [3.63, 3.8) is 0 Å². The molecule has 0 fully saturated rings. The van der Waals surface area contributed by atoms with E-state index in [1.165, 1.54) is 24.3 Å². The average molecular weight is 437 g/mol. The molecule has 0 heterocycles. The summed E-state index contributed by atoms with van der Waals surface area (Å²) in [7, 11) is 0. The molecule has 2 aromatic carbocycles. The third-order valence-electron chi connectivity index (χ3n) is 3.14. The molecule has 114 valence electrons. The van der Waals surface area contributed by atoms with Crippen molar-refractivity contribution >= 4 is 31.9 Å². The maximum absolute atomic E-state index is 13.9. The van der Waals surface area contributed by atoms with Crippen molar-refractivity contribution in [1.82, 2.24) is 0 Å². The number of hydrogen-bond donors (Lipinski definition) is 0. The Hall–Kier alpha value is -1.39. The Labute approximate surface area is 140 Å². The Kier molecular flexibility index (Phi) is 5.24. The molecule has 22 heavy (non-hydrogen) atoms. The summed E-state index contributed by atoms with van der Waals surface area (Å²) in [5.41, 5.74) is -0.291. The highest BCUT2D eigenvalue weighted by Crippen LogP contribution is 2.30. The van der Waals surface area contributed by atoms with Crippen LogP contribution in [0.2, 0.25) is 0 Å². The van der Waals surface area contributed by atoms with Crippen molar-refractivity contribution in [2.75, 3.05) is 0 Å². The number of hydrogen-bond acceptors (Lipinski definition) is 1. The molecule has 1 nitrogen and oxygen atoms in total. The maximum Gasteiger partial charge on any atom is 0.173 e. The summed E-state index contributed by atoms with van der Waals surface area (Å²) in [5, 5.41) is 9.16. The third kappa shape index (κ3) is 3.18. The van der Waals surface area contributed by atoms with Crippen LogP contribution in [0.5, 0.6) is 0 Å². The molecule has 0 N–H and O–H groups in total. The highest BCUT2D eigenvalue weighted by atomic mass is 79.9. The molecule has 0 amide bonds. The van der Waals surface area contributed by atoms with Crippen LogP contribution in [-0.4, -0.2) is 0 Å². The van der Waals surface area contributed by atoms with E-state index in [1.807, 2.05) is 0 Å². The van der Waals surface area contributed by atoms with Gasteiger partial charge in [-0.05, 0) is 56.0 Å². The Balaban J connectivity index is 2.42. The van der Waals surface area contributed by atoms with Crippen LogP contribution < -0.4 is 0 Å². The van der Waals surface area contributed by atoms with Gasteiger partial charge in [-0.1, -0.05) is 12.1 Å². The SMILES string of the molecule is N#CC(Cc1ccc(Br)c(F)c1F)c1ccc(Br)c(F)c1F. The molecule has 0 aliphatic carbocycles. The van der Waals surface area contributed by atoms with Gasteiger partial charge in [-0.2, -0.15) is 5.26 Å². The van der Waals surface area contributed by atoms with Gasteiger partial charge in [-0.25, -0.2) is 17.6 Å². The van der Waals surface area contributed by atoms with Gasteiger partial charge in [0.2, 0.25) is 0 Å². The van der Waals surface area contributed by atoms with Gasteiger partial charge in [0.05, 0.1) is 20.9 Å². The average Bonchev–Trinajstić information content (AvgIpc) is 2.51. The molecule has 1 atom stereocenters. The van der Waals surface area contributed by atoms with Crippen LogP contribution in [0.3, 0.4) is 0 Å². The quantitative estimate of drug-likeness (QED) is 0.452. The molecular weight excluding hydrogens is 430 g/mol. The smallest absolute Gasteiger partial charge is 0.173 e. The van der Waals surface area contributed by atoms with Crippen LogP contribution in [0.15, 0.2) is 33.2 Å². The molecule has 2 aromatic rings. The fourth-order valence-corrected chi connectivity index (χ4v) is 2.59. The minimum Gasteiger partial charge on any atom is -0.203 e. The minimum atomic E-state index is -1.18. The molecule has 0 aromatic heterocycles. The van der Waals surface area contributed by atoms with Crippen LogP contribution in [0.4, 0.5) is 17.6 Å². The normalized spacial score (nSPS) is 12.0. The minimum absolute atomic E-state index is 0.0527. The monoisotopic (exact) mass is 435 g/mol. The summed E-state index contributed by atoms with van der Waals surface area (Å²) in [5.74, 6) is -5.65. The van der Waals surface area contributed by atoms with E-state index >= 15 is 0 Å². The van der Waals surface area contributed by atoms with Crippen molar-refractivity contribution in [1.29, 1.82) is 5.26 Å². The van der Waals surface area contributed by atoms with Crippen molar-refractivity contribution in [2.24, 2.45) is 0 Å². The summed E-state index contributed by atoms with van der Waals surface area (Å²) >= 11 is 5.68. The lowest BCUT2D eigenvalue weighted by Gasteiger charge is -2.13. The van der Waals surface area contributed by atoms with Crippen LogP contribution >= 0.6 is 31.9 Å². The van der Waals surface area contributed by atoms with Crippen LogP contribution in [0, 0.1) is 34.6 Å². The first kappa shape index (κ1) is 17.0. The summed E-state index contributed by atoms with van der Waals surface area (Å²) in [6.45, 7) is 0. The van der Waals surface area contributed by atoms with Gasteiger partial charge >= 0.3 is 0 Å². The van der Waals surface area contributed by atoms with E-state index in [4.69, 9.17) is 5.26 Å². The summed E-state index contributed by atoms with van der Waals surface area (Å²) in [4.78, 5) is 0. The Bertz CT molecular complexity index is 771. The van der Waals surface area contributed by atoms with Crippen LogP contribution in [0.25, 0.3) is 0 Å². The molecule has 0 spiro atoms. The zero-order valence-electron chi connectivity index (χ0n) is 10.8. The highest BCUT2D eigenvalue weighted by molar-refractivity contribution is 9.10. The number of halogens is 6. The fraction of sp³-hybridized carbons (Fsp3) is 0.133. The standard InChI is InChI=1S/C15H7Br2F4N/c16-10-3-1-7(12(18)14(10)20)5-8(6-22)9-2-4-11(17)15(21)13(9)19/h1-4,8H,5H2. The van der Waals surface area contributed by atoms with E-state index in [-0.39, 0.29) is 26.5 Å². The molecule has 1 unspecified atom stereocenters. The topological polar surface area (TPSA) is 23.8 Å². The zero-order chi connectivity index (χ0) is 16.4. The van der Waals surface area contributed by atoms with Crippen LogP contribution in [0.1, 0.15) is 17.0 Å². The Morgan fingerprint density at radius 3 is 2.00 bits per heavy atom. The Morgan fingerprint density at radius 1 is 0.864 bits per heavy atom. The van der Waals surface area contributed by atoms with Crippen LogP contribution in [-0.2, 0) is 6.42 Å². The number of nitriles is 1. The third-order valence-corrected chi connectivity index (χ3v) is 4.36. The summed E-state index contributed by atoms with van der Waals surface area (Å²) in [6, 6.07) is 6.88. The first-order valence-electron chi connectivity index (χ1n) is 6.02. The van der Waals surface area contributed by atoms with E-state index in [0.717, 1.165) is 0 Å². The second-order valence-corrected chi connectivity index (χ2v) is 6.19. The lowest BCUT2D eigenvalue weighted by Crippen LogP contribution is -2.07. The van der Waals surface area contributed by atoms with Gasteiger partial charge in [-0.3, -0.25) is 0 Å². The van der Waals surface area contributed by atoms with Gasteiger partial charge in [-0.15, -0.1) is 0 Å². The van der Waals surface area contributed by atoms with E-state index < -0.39 is 29.2 Å². The maximum atomic E-state index is 13.9. The molecule has 0 aliphatic heterocycles. The lowest BCUT2D eigenvalue weighted by molar-refractivity contribution is 0.483. The predicted molar refractivity (Wildman–Crippen MR) is 80.2 cm³/mol. The van der Waals surface area contributed by atoms with Gasteiger partial charge in [0.1, 0.15) is 0 Å². The van der Waals surface area contributed by atoms with E-state index in [2.05, 4.69) is 31.9 Å². The van der Waals surface area contributed by atoms with E-state index in [1.54, 1.807) is 6.07 Å². The van der Waals surface area contributed by atoms with Gasteiger partial charge in [0.25, 0.3) is 0 Å². The fourth-order valence-electron chi connectivity index (χ4n) is 1.98. The van der Waals surface area contributed by atoms with Gasteiger partial charge in [0.15, 0.2) is 23.3 Å². The molecule has 0 saturated heterocycles. The second kappa shape index (κ2) is 6.80. The molecule has 0 aliphatic rings. The van der Waals surface area contributed by atoms with E-state index in [0.29, 0.717) is 0 Å². The summed E-state index contributed by atoms with van der Waals surface area (Å²) < 4.78 is 54.7. The molecule has 2 rings (SSSR count). The molecule has 0 bridgehead atoms.